The van der Waals surface area contributed by atoms with Crippen LogP contribution in [0.3, 0.4) is 0 Å². The van der Waals surface area contributed by atoms with E-state index in [4.69, 9.17) is 14.6 Å². The van der Waals surface area contributed by atoms with Crippen molar-refractivity contribution in [3.8, 4) is 5.75 Å². The van der Waals surface area contributed by atoms with Crippen molar-refractivity contribution in [1.82, 2.24) is 0 Å². The minimum atomic E-state index is -0.651. The van der Waals surface area contributed by atoms with E-state index in [1.807, 2.05) is 0 Å². The van der Waals surface area contributed by atoms with Gasteiger partial charge in [-0.2, -0.15) is 0 Å². The molecule has 0 saturated carbocycles. The molecule has 1 amide bonds. The summed E-state index contributed by atoms with van der Waals surface area (Å²) in [5, 5.41) is 21.3. The molecule has 0 aliphatic carbocycles. The minimum Gasteiger partial charge on any atom is -0.465 e. The second-order valence-electron chi connectivity index (χ2n) is 4.75. The average molecular weight is 281 g/mol. The van der Waals surface area contributed by atoms with Gasteiger partial charge in [0, 0.05) is 19.0 Å². The number of hydrogen-bond acceptors (Lipinski definition) is 5. The van der Waals surface area contributed by atoms with E-state index >= 15 is 0 Å². The molecule has 6 heteroatoms. The number of aliphatic hydroxyl groups is 2. The summed E-state index contributed by atoms with van der Waals surface area (Å²) in [6.07, 6.45) is -0.651. The zero-order valence-corrected chi connectivity index (χ0v) is 11.3. The van der Waals surface area contributed by atoms with Crippen molar-refractivity contribution in [1.29, 1.82) is 0 Å². The lowest BCUT2D eigenvalue weighted by Crippen LogP contribution is -2.43. The molecule has 0 spiro atoms. The Morgan fingerprint density at radius 1 is 1.40 bits per heavy atom. The largest absolute Gasteiger partial charge is 0.465 e. The molecule has 1 aliphatic heterocycles. The van der Waals surface area contributed by atoms with Crippen LogP contribution in [0.1, 0.15) is 19.8 Å². The fourth-order valence-corrected chi connectivity index (χ4v) is 2.07. The number of anilines is 1. The van der Waals surface area contributed by atoms with E-state index < -0.39 is 18.5 Å². The lowest BCUT2D eigenvalue weighted by Gasteiger charge is -2.32. The van der Waals surface area contributed by atoms with Crippen LogP contribution in [0.15, 0.2) is 24.3 Å². The van der Waals surface area contributed by atoms with Crippen LogP contribution in [0.5, 0.6) is 5.75 Å². The van der Waals surface area contributed by atoms with Crippen molar-refractivity contribution in [2.75, 3.05) is 11.9 Å². The number of hydrogen-bond donors (Lipinski definition) is 3. The SMILES string of the molecule is CC(=O)Nc1ccc(OC2CCC(O)C(CO)O2)cc1. The minimum absolute atomic E-state index is 0.131. The lowest BCUT2D eigenvalue weighted by atomic mass is 10.1. The number of nitrogens with one attached hydrogen (secondary N) is 1. The third-order valence-corrected chi connectivity index (χ3v) is 3.08. The van der Waals surface area contributed by atoms with Gasteiger partial charge in [0.05, 0.1) is 12.7 Å². The highest BCUT2D eigenvalue weighted by Crippen LogP contribution is 2.24. The van der Waals surface area contributed by atoms with Gasteiger partial charge in [0.2, 0.25) is 5.91 Å². The summed E-state index contributed by atoms with van der Waals surface area (Å²) in [5.41, 5.74) is 0.693. The summed E-state index contributed by atoms with van der Waals surface area (Å²) in [5.74, 6) is 0.478. The smallest absolute Gasteiger partial charge is 0.221 e. The molecule has 3 N–H and O–H groups in total. The number of carbonyl (C=O) groups is 1. The van der Waals surface area contributed by atoms with Gasteiger partial charge in [0.1, 0.15) is 11.9 Å². The summed E-state index contributed by atoms with van der Waals surface area (Å²) in [6.45, 7) is 1.21. The second-order valence-corrected chi connectivity index (χ2v) is 4.75. The Morgan fingerprint density at radius 2 is 2.10 bits per heavy atom. The van der Waals surface area contributed by atoms with Crippen molar-refractivity contribution in [2.24, 2.45) is 0 Å². The molecule has 3 atom stereocenters. The van der Waals surface area contributed by atoms with E-state index in [0.29, 0.717) is 24.3 Å². The maximum absolute atomic E-state index is 10.9. The van der Waals surface area contributed by atoms with Gasteiger partial charge in [-0.05, 0) is 30.7 Å². The second kappa shape index (κ2) is 6.69. The quantitative estimate of drug-likeness (QED) is 0.762. The van der Waals surface area contributed by atoms with Crippen molar-refractivity contribution in [3.05, 3.63) is 24.3 Å². The molecule has 6 nitrogen and oxygen atoms in total. The van der Waals surface area contributed by atoms with E-state index in [1.165, 1.54) is 6.92 Å². The van der Waals surface area contributed by atoms with Crippen LogP contribution >= 0.6 is 0 Å². The summed E-state index contributed by atoms with van der Waals surface area (Å²) in [7, 11) is 0. The first-order valence-corrected chi connectivity index (χ1v) is 6.57. The van der Waals surface area contributed by atoms with Crippen LogP contribution < -0.4 is 10.1 Å². The number of amides is 1. The number of benzene rings is 1. The molecule has 3 unspecified atom stereocenters. The van der Waals surface area contributed by atoms with Crippen LogP contribution in [-0.2, 0) is 9.53 Å². The van der Waals surface area contributed by atoms with Gasteiger partial charge in [-0.15, -0.1) is 0 Å². The molecule has 1 aromatic carbocycles. The topological polar surface area (TPSA) is 88.0 Å². The molecule has 1 saturated heterocycles. The molecule has 20 heavy (non-hydrogen) atoms. The fraction of sp³-hybridized carbons (Fsp3) is 0.500. The van der Waals surface area contributed by atoms with Gasteiger partial charge in [-0.25, -0.2) is 0 Å². The Morgan fingerprint density at radius 3 is 2.70 bits per heavy atom. The van der Waals surface area contributed by atoms with Gasteiger partial charge < -0.3 is 25.0 Å². The number of carbonyl (C=O) groups excluding carboxylic acids is 1. The Kier molecular flexibility index (Phi) is 4.94. The van der Waals surface area contributed by atoms with E-state index in [2.05, 4.69) is 5.32 Å². The number of ether oxygens (including phenoxy) is 2. The number of rotatable bonds is 4. The highest BCUT2D eigenvalue weighted by molar-refractivity contribution is 5.88. The van der Waals surface area contributed by atoms with Crippen molar-refractivity contribution in [2.45, 2.75) is 38.3 Å². The highest BCUT2D eigenvalue weighted by Gasteiger charge is 2.30. The highest BCUT2D eigenvalue weighted by atomic mass is 16.7. The van der Waals surface area contributed by atoms with Gasteiger partial charge in [-0.1, -0.05) is 0 Å². The van der Waals surface area contributed by atoms with Crippen molar-refractivity contribution in [3.63, 3.8) is 0 Å². The molecular weight excluding hydrogens is 262 g/mol. The molecule has 110 valence electrons. The predicted molar refractivity (Wildman–Crippen MR) is 72.4 cm³/mol. The van der Waals surface area contributed by atoms with Gasteiger partial charge in [0.15, 0.2) is 6.29 Å². The van der Waals surface area contributed by atoms with Crippen LogP contribution in [0.25, 0.3) is 0 Å². The Balaban J connectivity index is 1.91. The van der Waals surface area contributed by atoms with Crippen molar-refractivity contribution >= 4 is 11.6 Å². The first-order chi connectivity index (χ1) is 9.58. The van der Waals surface area contributed by atoms with E-state index in [0.717, 1.165) is 0 Å². The predicted octanol–water partition coefficient (Wildman–Crippen LogP) is 0.882. The molecule has 1 aliphatic rings. The zero-order chi connectivity index (χ0) is 14.5. The Labute approximate surface area is 117 Å². The molecule has 1 heterocycles. The molecule has 1 aromatic rings. The normalized spacial score (nSPS) is 26.1. The molecule has 0 bridgehead atoms. The Bertz CT molecular complexity index is 447. The van der Waals surface area contributed by atoms with Gasteiger partial charge in [-0.3, -0.25) is 4.79 Å². The maximum Gasteiger partial charge on any atom is 0.221 e. The molecule has 0 radical (unpaired) electrons. The van der Waals surface area contributed by atoms with E-state index in [9.17, 15) is 9.90 Å². The van der Waals surface area contributed by atoms with E-state index in [1.54, 1.807) is 24.3 Å². The summed E-state index contributed by atoms with van der Waals surface area (Å²) < 4.78 is 11.1. The summed E-state index contributed by atoms with van der Waals surface area (Å²) in [6, 6.07) is 6.93. The lowest BCUT2D eigenvalue weighted by molar-refractivity contribution is -0.196. The van der Waals surface area contributed by atoms with E-state index in [-0.39, 0.29) is 12.5 Å². The first kappa shape index (κ1) is 14.8. The maximum atomic E-state index is 10.9. The van der Waals surface area contributed by atoms with Gasteiger partial charge >= 0.3 is 0 Å². The first-order valence-electron chi connectivity index (χ1n) is 6.57. The molecular formula is C14H19NO5. The fourth-order valence-electron chi connectivity index (χ4n) is 2.07. The third kappa shape index (κ3) is 3.93. The number of aliphatic hydroxyl groups excluding tert-OH is 2. The van der Waals surface area contributed by atoms with Crippen LogP contribution in [0.2, 0.25) is 0 Å². The standard InChI is InChI=1S/C14H19NO5/c1-9(17)15-10-2-4-11(5-3-10)19-14-7-6-12(18)13(8-16)20-14/h2-5,12-14,16,18H,6-8H2,1H3,(H,15,17). The zero-order valence-electron chi connectivity index (χ0n) is 11.3. The summed E-state index contributed by atoms with van der Waals surface area (Å²) >= 11 is 0. The Hall–Kier alpha value is -1.63. The molecule has 0 aromatic heterocycles. The van der Waals surface area contributed by atoms with Crippen molar-refractivity contribution < 1.29 is 24.5 Å². The monoisotopic (exact) mass is 281 g/mol. The molecule has 1 fully saturated rings. The van der Waals surface area contributed by atoms with Crippen LogP contribution in [0, 0.1) is 0 Å². The van der Waals surface area contributed by atoms with Crippen LogP contribution in [0.4, 0.5) is 5.69 Å². The van der Waals surface area contributed by atoms with Crippen LogP contribution in [-0.4, -0.2) is 41.2 Å². The molecule has 2 rings (SSSR count). The average Bonchev–Trinajstić information content (AvgIpc) is 2.42. The van der Waals surface area contributed by atoms with Gasteiger partial charge in [0.25, 0.3) is 0 Å². The third-order valence-electron chi connectivity index (χ3n) is 3.08. The summed E-state index contributed by atoms with van der Waals surface area (Å²) in [4.78, 5) is 10.9.